The minimum Gasteiger partial charge on any atom is -0.360 e. The van der Waals surface area contributed by atoms with Gasteiger partial charge in [0.2, 0.25) is 0 Å². The van der Waals surface area contributed by atoms with Crippen LogP contribution < -0.4 is 5.32 Å². The number of dihydropyridines is 1. The van der Waals surface area contributed by atoms with Crippen molar-refractivity contribution in [2.75, 3.05) is 0 Å². The van der Waals surface area contributed by atoms with E-state index in [0.29, 0.717) is 11.3 Å². The second-order valence-electron chi connectivity index (χ2n) is 1.95. The van der Waals surface area contributed by atoms with Crippen molar-refractivity contribution < 1.29 is 4.39 Å². The molecular weight excluding hydrogens is 117 g/mol. The molecule has 1 aliphatic rings. The molecule has 0 aromatic carbocycles. The Bertz CT molecular complexity index is 201. The fourth-order valence-electron chi connectivity index (χ4n) is 0.642. The van der Waals surface area contributed by atoms with Gasteiger partial charge in [0.25, 0.3) is 0 Å². The molecule has 1 heterocycles. The molecule has 0 aromatic heterocycles. The molecule has 1 rings (SSSR count). The minimum atomic E-state index is -0.252. The molecule has 0 bridgehead atoms. The highest BCUT2D eigenvalue weighted by Gasteiger charge is 2.05. The number of nitrogens with one attached hydrogen (secondary N) is 1. The number of rotatable bonds is 0. The Labute approximate surface area is 53.6 Å². The summed E-state index contributed by atoms with van der Waals surface area (Å²) >= 11 is 0. The van der Waals surface area contributed by atoms with Crippen molar-refractivity contribution in [2.45, 2.75) is 6.92 Å². The molecule has 1 aliphatic heterocycles. The highest BCUT2D eigenvalue weighted by Crippen LogP contribution is 2.16. The Hall–Kier alpha value is -1.05. The predicted octanol–water partition coefficient (Wildman–Crippen LogP) is 1.86. The summed E-state index contributed by atoms with van der Waals surface area (Å²) in [6.07, 6.45) is 3.34. The molecule has 9 heavy (non-hydrogen) atoms. The summed E-state index contributed by atoms with van der Waals surface area (Å²) in [5.74, 6) is -0.252. The van der Waals surface area contributed by atoms with Crippen LogP contribution >= 0.6 is 0 Å². The zero-order chi connectivity index (χ0) is 6.85. The van der Waals surface area contributed by atoms with Crippen molar-refractivity contribution in [1.29, 1.82) is 0 Å². The van der Waals surface area contributed by atoms with E-state index in [2.05, 4.69) is 11.9 Å². The molecule has 2 heteroatoms. The van der Waals surface area contributed by atoms with Crippen molar-refractivity contribution in [3.8, 4) is 0 Å². The topological polar surface area (TPSA) is 12.0 Å². The SMILES string of the molecule is C=C1NC=CC(C)=C1F. The second-order valence-corrected chi connectivity index (χ2v) is 1.95. The summed E-state index contributed by atoms with van der Waals surface area (Å²) in [5.41, 5.74) is 0.966. The van der Waals surface area contributed by atoms with E-state index in [1.165, 1.54) is 0 Å². The van der Waals surface area contributed by atoms with Crippen LogP contribution in [0.15, 0.2) is 36.0 Å². The lowest BCUT2D eigenvalue weighted by Crippen LogP contribution is -2.08. The first-order valence-corrected chi connectivity index (χ1v) is 2.70. The van der Waals surface area contributed by atoms with Gasteiger partial charge in [0, 0.05) is 6.20 Å². The quantitative estimate of drug-likeness (QED) is 0.521. The number of allylic oxidation sites excluding steroid dienone is 3. The lowest BCUT2D eigenvalue weighted by molar-refractivity contribution is 0.625. The van der Waals surface area contributed by atoms with Crippen molar-refractivity contribution >= 4 is 0 Å². The van der Waals surface area contributed by atoms with Gasteiger partial charge < -0.3 is 5.32 Å². The zero-order valence-corrected chi connectivity index (χ0v) is 5.24. The Morgan fingerprint density at radius 3 is 2.78 bits per heavy atom. The summed E-state index contributed by atoms with van der Waals surface area (Å²) in [5, 5.41) is 2.65. The van der Waals surface area contributed by atoms with E-state index in [9.17, 15) is 4.39 Å². The second kappa shape index (κ2) is 2.05. The van der Waals surface area contributed by atoms with E-state index in [-0.39, 0.29) is 5.83 Å². The molecule has 0 spiro atoms. The summed E-state index contributed by atoms with van der Waals surface area (Å²) in [7, 11) is 0. The number of hydrogen-bond acceptors (Lipinski definition) is 1. The summed E-state index contributed by atoms with van der Waals surface area (Å²) in [4.78, 5) is 0. The lowest BCUT2D eigenvalue weighted by Gasteiger charge is -2.08. The molecule has 0 saturated carbocycles. The van der Waals surface area contributed by atoms with E-state index in [1.807, 2.05) is 0 Å². The van der Waals surface area contributed by atoms with Gasteiger partial charge in [-0.15, -0.1) is 0 Å². The average Bonchev–Trinajstić information content (AvgIpc) is 1.83. The minimum absolute atomic E-state index is 0.252. The first kappa shape index (κ1) is 6.08. The van der Waals surface area contributed by atoms with Crippen LogP contribution in [0.3, 0.4) is 0 Å². The smallest absolute Gasteiger partial charge is 0.148 e. The van der Waals surface area contributed by atoms with Crippen LogP contribution in [0.4, 0.5) is 4.39 Å². The largest absolute Gasteiger partial charge is 0.360 e. The van der Waals surface area contributed by atoms with Crippen molar-refractivity contribution in [2.24, 2.45) is 0 Å². The molecule has 1 N–H and O–H groups in total. The van der Waals surface area contributed by atoms with Gasteiger partial charge >= 0.3 is 0 Å². The Balaban J connectivity index is 2.97. The highest BCUT2D eigenvalue weighted by atomic mass is 19.1. The van der Waals surface area contributed by atoms with Crippen LogP contribution in [0.2, 0.25) is 0 Å². The van der Waals surface area contributed by atoms with E-state index >= 15 is 0 Å². The average molecular weight is 125 g/mol. The van der Waals surface area contributed by atoms with Crippen LogP contribution in [0.5, 0.6) is 0 Å². The molecule has 48 valence electrons. The highest BCUT2D eigenvalue weighted by molar-refractivity contribution is 5.36. The molecule has 0 aromatic rings. The maximum Gasteiger partial charge on any atom is 0.148 e. The fourth-order valence-corrected chi connectivity index (χ4v) is 0.642. The van der Waals surface area contributed by atoms with Crippen LogP contribution in [0.25, 0.3) is 0 Å². The van der Waals surface area contributed by atoms with Crippen LogP contribution in [0, 0.1) is 0 Å². The van der Waals surface area contributed by atoms with E-state index in [0.717, 1.165) is 0 Å². The van der Waals surface area contributed by atoms with Gasteiger partial charge in [-0.3, -0.25) is 0 Å². The lowest BCUT2D eigenvalue weighted by atomic mass is 10.2. The fraction of sp³-hybridized carbons (Fsp3) is 0.143. The third-order valence-corrected chi connectivity index (χ3v) is 1.20. The van der Waals surface area contributed by atoms with Gasteiger partial charge in [-0.2, -0.15) is 0 Å². The summed E-state index contributed by atoms with van der Waals surface area (Å²) < 4.78 is 12.6. The van der Waals surface area contributed by atoms with Gasteiger partial charge in [-0.25, -0.2) is 4.39 Å². The zero-order valence-electron chi connectivity index (χ0n) is 5.24. The first-order chi connectivity index (χ1) is 4.22. The van der Waals surface area contributed by atoms with Crippen molar-refractivity contribution in [1.82, 2.24) is 5.32 Å². The first-order valence-electron chi connectivity index (χ1n) is 2.70. The van der Waals surface area contributed by atoms with E-state index in [4.69, 9.17) is 0 Å². The van der Waals surface area contributed by atoms with Crippen LogP contribution in [0.1, 0.15) is 6.92 Å². The molecule has 0 amide bonds. The Morgan fingerprint density at radius 1 is 1.67 bits per heavy atom. The summed E-state index contributed by atoms with van der Waals surface area (Å²) in [6.45, 7) is 5.16. The maximum atomic E-state index is 12.6. The van der Waals surface area contributed by atoms with E-state index < -0.39 is 0 Å². The molecule has 0 radical (unpaired) electrons. The molecule has 0 fully saturated rings. The van der Waals surface area contributed by atoms with Crippen LogP contribution in [-0.2, 0) is 0 Å². The molecular formula is C7H8FN. The number of hydrogen-bond donors (Lipinski definition) is 1. The van der Waals surface area contributed by atoms with Crippen molar-refractivity contribution in [3.63, 3.8) is 0 Å². The van der Waals surface area contributed by atoms with Crippen LogP contribution in [-0.4, -0.2) is 0 Å². The van der Waals surface area contributed by atoms with Crippen molar-refractivity contribution in [3.05, 3.63) is 36.0 Å². The molecule has 1 nitrogen and oxygen atoms in total. The van der Waals surface area contributed by atoms with Gasteiger partial charge in [-0.1, -0.05) is 6.58 Å². The molecule has 0 atom stereocenters. The third-order valence-electron chi connectivity index (χ3n) is 1.20. The Kier molecular flexibility index (Phi) is 1.39. The predicted molar refractivity (Wildman–Crippen MR) is 35.2 cm³/mol. The Morgan fingerprint density at radius 2 is 2.33 bits per heavy atom. The van der Waals surface area contributed by atoms with Gasteiger partial charge in [0.1, 0.15) is 5.83 Å². The number of halogens is 1. The van der Waals surface area contributed by atoms with Gasteiger partial charge in [0.15, 0.2) is 0 Å². The standard InChI is InChI=1S/C7H8FN/c1-5-3-4-9-6(2)7(5)8/h3-4,9H,2H2,1H3. The molecule has 0 aliphatic carbocycles. The third kappa shape index (κ3) is 1.02. The molecule has 0 saturated heterocycles. The monoisotopic (exact) mass is 125 g/mol. The maximum absolute atomic E-state index is 12.6. The van der Waals surface area contributed by atoms with Gasteiger partial charge in [0.05, 0.1) is 5.70 Å². The summed E-state index contributed by atoms with van der Waals surface area (Å²) in [6, 6.07) is 0. The van der Waals surface area contributed by atoms with Gasteiger partial charge in [-0.05, 0) is 18.6 Å². The van der Waals surface area contributed by atoms with E-state index in [1.54, 1.807) is 19.2 Å². The molecule has 0 unspecified atom stereocenters. The normalized spacial score (nSPS) is 18.2.